The molecule has 0 aromatic carbocycles. The molecule has 0 radical (unpaired) electrons. The van der Waals surface area contributed by atoms with Gasteiger partial charge < -0.3 is 9.47 Å². The predicted octanol–water partition coefficient (Wildman–Crippen LogP) is 4.05. The number of hydrogen-bond donors (Lipinski definition) is 0. The topological polar surface area (TPSA) is 35.5 Å². The number of carbonyl (C=O) groups excluding carboxylic acids is 1. The van der Waals surface area contributed by atoms with Gasteiger partial charge in [-0.05, 0) is 31.6 Å². The summed E-state index contributed by atoms with van der Waals surface area (Å²) >= 11 is 0. The van der Waals surface area contributed by atoms with Crippen molar-refractivity contribution in [3.8, 4) is 0 Å². The lowest BCUT2D eigenvalue weighted by atomic mass is 9.54. The number of esters is 1. The van der Waals surface area contributed by atoms with E-state index in [9.17, 15) is 4.79 Å². The highest BCUT2D eigenvalue weighted by molar-refractivity contribution is 5.79. The molecule has 0 heterocycles. The van der Waals surface area contributed by atoms with Gasteiger partial charge in [0.2, 0.25) is 0 Å². The van der Waals surface area contributed by atoms with Crippen LogP contribution in [-0.2, 0) is 14.3 Å². The molecule has 0 saturated heterocycles. The first-order chi connectivity index (χ1) is 8.19. The van der Waals surface area contributed by atoms with Gasteiger partial charge in [0.15, 0.2) is 0 Å². The minimum Gasteiger partial charge on any atom is -0.459 e. The van der Waals surface area contributed by atoms with Crippen LogP contribution in [0.1, 0.15) is 62.3 Å². The second kappa shape index (κ2) is 5.43. The molecule has 3 nitrogen and oxygen atoms in total. The molecular weight excluding hydrogens is 240 g/mol. The van der Waals surface area contributed by atoms with E-state index in [0.29, 0.717) is 6.61 Å². The Kier molecular flexibility index (Phi) is 5.27. The van der Waals surface area contributed by atoms with Crippen LogP contribution >= 0.6 is 0 Å². The average Bonchev–Trinajstić information content (AvgIpc) is 2.06. The van der Waals surface area contributed by atoms with Crippen LogP contribution in [0.5, 0.6) is 0 Å². The molecule has 0 rings (SSSR count). The highest BCUT2D eigenvalue weighted by Crippen LogP contribution is 2.53. The summed E-state index contributed by atoms with van der Waals surface area (Å²) in [5.41, 5.74) is -1.71. The van der Waals surface area contributed by atoms with E-state index in [1.165, 1.54) is 0 Å². The SMILES string of the molecule is COCC(C(=O)OC(C)(C)C)(C(C)(C)C)C(C)(C)C. The van der Waals surface area contributed by atoms with Crippen LogP contribution < -0.4 is 0 Å². The molecule has 3 heteroatoms. The normalized spacial score (nSPS) is 14.4. The smallest absolute Gasteiger partial charge is 0.316 e. The summed E-state index contributed by atoms with van der Waals surface area (Å²) in [7, 11) is 1.64. The quantitative estimate of drug-likeness (QED) is 0.727. The van der Waals surface area contributed by atoms with Crippen molar-refractivity contribution in [2.24, 2.45) is 16.2 Å². The van der Waals surface area contributed by atoms with E-state index in [2.05, 4.69) is 41.5 Å². The monoisotopic (exact) mass is 272 g/mol. The number of ether oxygens (including phenoxy) is 2. The van der Waals surface area contributed by atoms with Crippen molar-refractivity contribution in [2.75, 3.05) is 13.7 Å². The molecule has 0 spiro atoms. The zero-order valence-corrected chi connectivity index (χ0v) is 14.4. The fourth-order valence-corrected chi connectivity index (χ4v) is 2.81. The Hall–Kier alpha value is -0.570. The third-order valence-corrected chi connectivity index (χ3v) is 3.67. The van der Waals surface area contributed by atoms with Crippen LogP contribution in [0.2, 0.25) is 0 Å². The maximum absolute atomic E-state index is 12.9. The minimum atomic E-state index is -0.692. The Morgan fingerprint density at radius 3 is 1.42 bits per heavy atom. The van der Waals surface area contributed by atoms with Gasteiger partial charge in [-0.3, -0.25) is 4.79 Å². The van der Waals surface area contributed by atoms with E-state index in [1.54, 1.807) is 7.11 Å². The molecular formula is C16H32O3. The molecule has 0 atom stereocenters. The lowest BCUT2D eigenvalue weighted by molar-refractivity contribution is -0.194. The van der Waals surface area contributed by atoms with Gasteiger partial charge in [0.25, 0.3) is 0 Å². The lowest BCUT2D eigenvalue weighted by Crippen LogP contribution is -2.57. The van der Waals surface area contributed by atoms with Gasteiger partial charge in [0, 0.05) is 7.11 Å². The summed E-state index contributed by atoms with van der Waals surface area (Å²) in [5, 5.41) is 0. The molecule has 0 saturated carbocycles. The second-order valence-corrected chi connectivity index (χ2v) is 8.34. The molecule has 0 amide bonds. The fraction of sp³-hybridized carbons (Fsp3) is 0.938. The Bertz CT molecular complexity index is 296. The van der Waals surface area contributed by atoms with Crippen LogP contribution in [0.4, 0.5) is 0 Å². The van der Waals surface area contributed by atoms with Crippen LogP contribution in [0.15, 0.2) is 0 Å². The van der Waals surface area contributed by atoms with Gasteiger partial charge in [-0.1, -0.05) is 41.5 Å². The van der Waals surface area contributed by atoms with Crippen LogP contribution in [0.3, 0.4) is 0 Å². The van der Waals surface area contributed by atoms with Crippen molar-refractivity contribution in [3.05, 3.63) is 0 Å². The summed E-state index contributed by atoms with van der Waals surface area (Å²) in [6, 6.07) is 0. The lowest BCUT2D eigenvalue weighted by Gasteiger charge is -2.51. The van der Waals surface area contributed by atoms with Crippen molar-refractivity contribution in [1.29, 1.82) is 0 Å². The molecule has 114 valence electrons. The second-order valence-electron chi connectivity index (χ2n) is 8.34. The highest BCUT2D eigenvalue weighted by Gasteiger charge is 2.58. The Morgan fingerprint density at radius 1 is 0.842 bits per heavy atom. The summed E-state index contributed by atoms with van der Waals surface area (Å²) in [6.07, 6.45) is 0. The highest BCUT2D eigenvalue weighted by atomic mass is 16.6. The minimum absolute atomic E-state index is 0.179. The van der Waals surface area contributed by atoms with Gasteiger partial charge in [0.1, 0.15) is 11.0 Å². The summed E-state index contributed by atoms with van der Waals surface area (Å²) in [6.45, 7) is 18.5. The van der Waals surface area contributed by atoms with E-state index in [1.807, 2.05) is 20.8 Å². The maximum atomic E-state index is 12.9. The molecule has 0 aliphatic heterocycles. The molecule has 0 bridgehead atoms. The van der Waals surface area contributed by atoms with Crippen molar-refractivity contribution < 1.29 is 14.3 Å². The third kappa shape index (κ3) is 3.95. The van der Waals surface area contributed by atoms with Gasteiger partial charge in [-0.15, -0.1) is 0 Å². The van der Waals surface area contributed by atoms with E-state index in [0.717, 1.165) is 0 Å². The van der Waals surface area contributed by atoms with Gasteiger partial charge in [-0.2, -0.15) is 0 Å². The van der Waals surface area contributed by atoms with Gasteiger partial charge in [-0.25, -0.2) is 0 Å². The summed E-state index contributed by atoms with van der Waals surface area (Å²) in [5.74, 6) is -0.179. The molecule has 0 aromatic rings. The zero-order valence-electron chi connectivity index (χ0n) is 14.4. The summed E-state index contributed by atoms with van der Waals surface area (Å²) < 4.78 is 11.1. The largest absolute Gasteiger partial charge is 0.459 e. The molecule has 0 fully saturated rings. The molecule has 0 aliphatic rings. The molecule has 0 unspecified atom stereocenters. The van der Waals surface area contributed by atoms with Gasteiger partial charge in [0.05, 0.1) is 6.61 Å². The predicted molar refractivity (Wildman–Crippen MR) is 79.1 cm³/mol. The number of hydrogen-bond acceptors (Lipinski definition) is 3. The van der Waals surface area contributed by atoms with Crippen molar-refractivity contribution in [2.45, 2.75) is 67.9 Å². The molecule has 0 aliphatic carbocycles. The van der Waals surface area contributed by atoms with Crippen LogP contribution in [0, 0.1) is 16.2 Å². The molecule has 0 aromatic heterocycles. The Labute approximate surface area is 119 Å². The maximum Gasteiger partial charge on any atom is 0.316 e. The average molecular weight is 272 g/mol. The number of rotatable bonds is 3. The van der Waals surface area contributed by atoms with Crippen LogP contribution in [0.25, 0.3) is 0 Å². The molecule has 0 N–H and O–H groups in total. The Balaban J connectivity index is 5.81. The first-order valence-electron chi connectivity index (χ1n) is 6.91. The van der Waals surface area contributed by atoms with Crippen molar-refractivity contribution in [3.63, 3.8) is 0 Å². The molecule has 19 heavy (non-hydrogen) atoms. The van der Waals surface area contributed by atoms with E-state index >= 15 is 0 Å². The first-order valence-corrected chi connectivity index (χ1v) is 6.91. The van der Waals surface area contributed by atoms with E-state index in [4.69, 9.17) is 9.47 Å². The first kappa shape index (κ1) is 18.4. The number of methoxy groups -OCH3 is 1. The van der Waals surface area contributed by atoms with Crippen molar-refractivity contribution >= 4 is 5.97 Å². The van der Waals surface area contributed by atoms with E-state index < -0.39 is 11.0 Å². The standard InChI is InChI=1S/C16H32O3/c1-13(2,3)16(11-18-10,14(4,5)6)12(17)19-15(7,8)9/h11H2,1-10H3. The van der Waals surface area contributed by atoms with Gasteiger partial charge >= 0.3 is 5.97 Å². The van der Waals surface area contributed by atoms with Crippen molar-refractivity contribution in [1.82, 2.24) is 0 Å². The zero-order chi connectivity index (χ0) is 15.7. The third-order valence-electron chi connectivity index (χ3n) is 3.67. The van der Waals surface area contributed by atoms with E-state index in [-0.39, 0.29) is 16.8 Å². The Morgan fingerprint density at radius 2 is 1.21 bits per heavy atom. The van der Waals surface area contributed by atoms with Crippen LogP contribution in [-0.4, -0.2) is 25.3 Å². The summed E-state index contributed by atoms with van der Waals surface area (Å²) in [4.78, 5) is 12.9. The number of carbonyl (C=O) groups is 1. The fourth-order valence-electron chi connectivity index (χ4n) is 2.81.